The first kappa shape index (κ1) is 62.6. The third-order valence-corrected chi connectivity index (χ3v) is 12.8. The number of allylic oxidation sites excluding steroid dienone is 10. The van der Waals surface area contributed by atoms with E-state index in [1.54, 1.807) is 0 Å². The van der Waals surface area contributed by atoms with E-state index < -0.39 is 6.04 Å². The molecule has 65 heavy (non-hydrogen) atoms. The molecule has 0 rings (SSSR count). The summed E-state index contributed by atoms with van der Waals surface area (Å²) in [6, 6.07) is -0.439. The molecule has 5 heteroatoms. The molecule has 0 aliphatic carbocycles. The SMILES string of the molecule is CCCCC/C=C\C/C=C\CCCCCCCCN(CCCCCCCC/C=C\C/C=C\CCCCC)C(=O)[C@H](CCCCN)NC(=O)CCCCCCC/C=C\CCCCCCCC. The minimum atomic E-state index is -0.439. The van der Waals surface area contributed by atoms with Crippen molar-refractivity contribution in [3.63, 3.8) is 0 Å². The van der Waals surface area contributed by atoms with Gasteiger partial charge in [0.05, 0.1) is 0 Å². The van der Waals surface area contributed by atoms with Crippen molar-refractivity contribution in [1.29, 1.82) is 0 Å². The molecule has 0 aromatic heterocycles. The number of hydrogen-bond acceptors (Lipinski definition) is 3. The van der Waals surface area contributed by atoms with E-state index in [1.165, 1.54) is 186 Å². The zero-order chi connectivity index (χ0) is 47.2. The van der Waals surface area contributed by atoms with E-state index in [9.17, 15) is 9.59 Å². The average Bonchev–Trinajstić information content (AvgIpc) is 3.31. The Morgan fingerprint density at radius 2 is 0.723 bits per heavy atom. The Labute approximate surface area is 406 Å². The first-order chi connectivity index (χ1) is 32.1. The molecule has 1 atom stereocenters. The summed E-state index contributed by atoms with van der Waals surface area (Å²) in [4.78, 5) is 29.6. The van der Waals surface area contributed by atoms with Gasteiger partial charge in [0.15, 0.2) is 0 Å². The molecule has 0 aliphatic rings. The van der Waals surface area contributed by atoms with Crippen LogP contribution in [0.1, 0.15) is 284 Å². The van der Waals surface area contributed by atoms with Crippen molar-refractivity contribution in [3.05, 3.63) is 60.8 Å². The summed E-state index contributed by atoms with van der Waals surface area (Å²) in [5.41, 5.74) is 5.87. The topological polar surface area (TPSA) is 75.4 Å². The zero-order valence-corrected chi connectivity index (χ0v) is 43.8. The van der Waals surface area contributed by atoms with Crippen LogP contribution in [0.4, 0.5) is 0 Å². The number of nitrogens with zero attached hydrogens (tertiary/aromatic N) is 1. The molecule has 0 fully saturated rings. The molecule has 0 bridgehead atoms. The fourth-order valence-electron chi connectivity index (χ4n) is 8.51. The highest BCUT2D eigenvalue weighted by atomic mass is 16.2. The average molecular weight is 907 g/mol. The van der Waals surface area contributed by atoms with Crippen molar-refractivity contribution < 1.29 is 9.59 Å². The molecule has 0 aromatic rings. The quantitative estimate of drug-likeness (QED) is 0.0472. The molecule has 5 nitrogen and oxygen atoms in total. The Bertz CT molecular complexity index is 1090. The van der Waals surface area contributed by atoms with E-state index >= 15 is 0 Å². The molecular weight excluding hydrogens is 795 g/mol. The van der Waals surface area contributed by atoms with Gasteiger partial charge < -0.3 is 16.0 Å². The number of unbranched alkanes of at least 4 members (excludes halogenated alkanes) is 30. The highest BCUT2D eigenvalue weighted by Gasteiger charge is 2.25. The first-order valence-electron chi connectivity index (χ1n) is 28.6. The lowest BCUT2D eigenvalue weighted by molar-refractivity contribution is -0.137. The lowest BCUT2D eigenvalue weighted by atomic mass is 10.0. The van der Waals surface area contributed by atoms with Gasteiger partial charge in [-0.25, -0.2) is 0 Å². The van der Waals surface area contributed by atoms with Crippen LogP contribution < -0.4 is 11.1 Å². The highest BCUT2D eigenvalue weighted by Crippen LogP contribution is 2.15. The van der Waals surface area contributed by atoms with Gasteiger partial charge in [0.2, 0.25) is 11.8 Å². The van der Waals surface area contributed by atoms with Crippen molar-refractivity contribution in [3.8, 4) is 0 Å². The fourth-order valence-corrected chi connectivity index (χ4v) is 8.51. The van der Waals surface area contributed by atoms with Crippen LogP contribution in [0.25, 0.3) is 0 Å². The van der Waals surface area contributed by atoms with Crippen molar-refractivity contribution in [1.82, 2.24) is 10.2 Å². The number of nitrogens with one attached hydrogen (secondary N) is 1. The van der Waals surface area contributed by atoms with Gasteiger partial charge in [-0.2, -0.15) is 0 Å². The van der Waals surface area contributed by atoms with Crippen LogP contribution in [0.15, 0.2) is 60.8 Å². The number of nitrogens with two attached hydrogens (primary N) is 1. The number of amides is 2. The first-order valence-corrected chi connectivity index (χ1v) is 28.6. The summed E-state index contributed by atoms with van der Waals surface area (Å²) < 4.78 is 0. The normalized spacial score (nSPS) is 12.6. The van der Waals surface area contributed by atoms with Crippen LogP contribution in [0.5, 0.6) is 0 Å². The molecular formula is C60H111N3O2. The van der Waals surface area contributed by atoms with E-state index in [2.05, 4.69) is 91.7 Å². The predicted molar refractivity (Wildman–Crippen MR) is 290 cm³/mol. The Morgan fingerprint density at radius 3 is 1.12 bits per heavy atom. The Balaban J connectivity index is 4.83. The van der Waals surface area contributed by atoms with Gasteiger partial charge in [-0.3, -0.25) is 9.59 Å². The van der Waals surface area contributed by atoms with E-state index in [-0.39, 0.29) is 11.8 Å². The third-order valence-electron chi connectivity index (χ3n) is 12.8. The second-order valence-electron chi connectivity index (χ2n) is 19.2. The Hall–Kier alpha value is -2.40. The molecule has 3 N–H and O–H groups in total. The smallest absolute Gasteiger partial charge is 0.245 e. The zero-order valence-electron chi connectivity index (χ0n) is 43.8. The lowest BCUT2D eigenvalue weighted by Crippen LogP contribution is -2.49. The molecule has 0 radical (unpaired) electrons. The second kappa shape index (κ2) is 54.2. The fraction of sp³-hybridized carbons (Fsp3) is 0.800. The van der Waals surface area contributed by atoms with Crippen LogP contribution in [0.2, 0.25) is 0 Å². The molecule has 0 unspecified atom stereocenters. The standard InChI is InChI=1S/C60H111N3O2/c1-4-7-10-13-16-19-22-25-28-31-34-37-40-43-46-51-56-63(57-52-47-44-41-38-35-32-29-26-23-20-17-14-11-8-5-2)60(65)58(53-49-50-55-61)62-59(64)54-48-45-42-39-36-33-30-27-24-21-18-15-12-9-6-3/h16-17,19-20,25-30,58H,4-15,18,21-24,31-57,61H2,1-3H3,(H,62,64)/b19-16-,20-17-,28-25-,29-26-,30-27-/t58-/m0/s1. The number of hydrogen-bond donors (Lipinski definition) is 2. The van der Waals surface area contributed by atoms with Crippen molar-refractivity contribution >= 4 is 11.8 Å². The third kappa shape index (κ3) is 47.9. The van der Waals surface area contributed by atoms with Gasteiger partial charge in [-0.15, -0.1) is 0 Å². The van der Waals surface area contributed by atoms with Gasteiger partial charge in [0, 0.05) is 19.5 Å². The van der Waals surface area contributed by atoms with E-state index in [1.807, 2.05) is 0 Å². The Morgan fingerprint density at radius 1 is 0.400 bits per heavy atom. The largest absolute Gasteiger partial charge is 0.344 e. The second-order valence-corrected chi connectivity index (χ2v) is 19.2. The minimum absolute atomic E-state index is 0.0381. The van der Waals surface area contributed by atoms with Crippen LogP contribution in [-0.4, -0.2) is 42.4 Å². The summed E-state index contributed by atoms with van der Waals surface area (Å²) in [5, 5.41) is 3.22. The number of carbonyl (C=O) groups is 2. The Kier molecular flexibility index (Phi) is 52.2. The maximum absolute atomic E-state index is 14.2. The molecule has 2 amide bonds. The monoisotopic (exact) mass is 906 g/mol. The van der Waals surface area contributed by atoms with Crippen molar-refractivity contribution in [2.24, 2.45) is 5.73 Å². The molecule has 0 heterocycles. The van der Waals surface area contributed by atoms with E-state index in [0.717, 1.165) is 77.3 Å². The summed E-state index contributed by atoms with van der Waals surface area (Å²) in [5.74, 6) is 0.168. The molecule has 0 aliphatic heterocycles. The molecule has 378 valence electrons. The van der Waals surface area contributed by atoms with Crippen LogP contribution in [-0.2, 0) is 9.59 Å². The molecule has 0 aromatic carbocycles. The van der Waals surface area contributed by atoms with E-state index in [0.29, 0.717) is 19.4 Å². The summed E-state index contributed by atoms with van der Waals surface area (Å²) in [6.07, 6.45) is 71.7. The maximum atomic E-state index is 14.2. The van der Waals surface area contributed by atoms with Gasteiger partial charge in [-0.05, 0) is 135 Å². The predicted octanol–water partition coefficient (Wildman–Crippen LogP) is 18.1. The highest BCUT2D eigenvalue weighted by molar-refractivity contribution is 5.87. The van der Waals surface area contributed by atoms with Gasteiger partial charge in [0.25, 0.3) is 0 Å². The molecule has 0 spiro atoms. The summed E-state index contributed by atoms with van der Waals surface area (Å²) >= 11 is 0. The lowest BCUT2D eigenvalue weighted by Gasteiger charge is -2.28. The minimum Gasteiger partial charge on any atom is -0.344 e. The molecule has 0 saturated heterocycles. The van der Waals surface area contributed by atoms with Crippen LogP contribution in [0, 0.1) is 0 Å². The number of rotatable bonds is 51. The van der Waals surface area contributed by atoms with Crippen LogP contribution in [0.3, 0.4) is 0 Å². The summed E-state index contributed by atoms with van der Waals surface area (Å²) in [6.45, 7) is 9.01. The van der Waals surface area contributed by atoms with Crippen LogP contribution >= 0.6 is 0 Å². The van der Waals surface area contributed by atoms with E-state index in [4.69, 9.17) is 5.73 Å². The summed E-state index contributed by atoms with van der Waals surface area (Å²) in [7, 11) is 0. The van der Waals surface area contributed by atoms with Gasteiger partial charge in [-0.1, -0.05) is 210 Å². The van der Waals surface area contributed by atoms with Crippen molar-refractivity contribution in [2.45, 2.75) is 290 Å². The number of carbonyl (C=O) groups excluding carboxylic acids is 2. The van der Waals surface area contributed by atoms with Gasteiger partial charge >= 0.3 is 0 Å². The van der Waals surface area contributed by atoms with Crippen molar-refractivity contribution in [2.75, 3.05) is 19.6 Å². The molecule has 0 saturated carbocycles. The van der Waals surface area contributed by atoms with Gasteiger partial charge in [0.1, 0.15) is 6.04 Å². The maximum Gasteiger partial charge on any atom is 0.245 e.